The number of benzene rings is 1. The number of halogens is 1. The first kappa shape index (κ1) is 15.6. The fraction of sp³-hybridized carbons (Fsp3) is 0.625. The summed E-state index contributed by atoms with van der Waals surface area (Å²) >= 11 is 6.26. The van der Waals surface area contributed by atoms with E-state index in [9.17, 15) is 0 Å². The standard InChI is InChI=1S/C16H24ClNO2/c1-12(2)11-19-8-9-20-16-5-3-4-15(17)14(16)10-18-13-6-7-13/h3-5,12-13,18H,6-11H2,1-2H3. The zero-order valence-corrected chi connectivity index (χ0v) is 13.1. The average molecular weight is 298 g/mol. The average Bonchev–Trinajstić information content (AvgIpc) is 3.21. The Labute approximate surface area is 126 Å². The summed E-state index contributed by atoms with van der Waals surface area (Å²) in [6.07, 6.45) is 2.54. The van der Waals surface area contributed by atoms with Gasteiger partial charge in [0, 0.05) is 29.8 Å². The number of nitrogens with one attached hydrogen (secondary N) is 1. The Kier molecular flexibility index (Phi) is 6.14. The fourth-order valence-electron chi connectivity index (χ4n) is 1.91. The third-order valence-electron chi connectivity index (χ3n) is 3.16. The molecule has 1 N–H and O–H groups in total. The normalized spacial score (nSPS) is 14.8. The van der Waals surface area contributed by atoms with E-state index in [-0.39, 0.29) is 0 Å². The third kappa shape index (κ3) is 5.31. The van der Waals surface area contributed by atoms with Crippen LogP contribution in [0.5, 0.6) is 5.75 Å². The minimum atomic E-state index is 0.555. The van der Waals surface area contributed by atoms with Crippen LogP contribution in [0, 0.1) is 5.92 Å². The summed E-state index contributed by atoms with van der Waals surface area (Å²) < 4.78 is 11.3. The molecule has 2 rings (SSSR count). The molecule has 1 saturated carbocycles. The molecule has 1 fully saturated rings. The van der Waals surface area contributed by atoms with Gasteiger partial charge in [0.05, 0.1) is 6.61 Å². The Morgan fingerprint density at radius 3 is 2.80 bits per heavy atom. The van der Waals surface area contributed by atoms with E-state index >= 15 is 0 Å². The van der Waals surface area contributed by atoms with E-state index in [4.69, 9.17) is 21.1 Å². The summed E-state index contributed by atoms with van der Waals surface area (Å²) in [6, 6.07) is 6.47. The molecule has 0 amide bonds. The Hall–Kier alpha value is -0.770. The van der Waals surface area contributed by atoms with Gasteiger partial charge in [-0.15, -0.1) is 0 Å². The van der Waals surface area contributed by atoms with Crippen molar-refractivity contribution in [3.63, 3.8) is 0 Å². The van der Waals surface area contributed by atoms with Crippen LogP contribution in [0.2, 0.25) is 5.02 Å². The van der Waals surface area contributed by atoms with E-state index in [1.165, 1.54) is 12.8 Å². The lowest BCUT2D eigenvalue weighted by atomic mass is 10.2. The molecule has 1 aromatic carbocycles. The van der Waals surface area contributed by atoms with Crippen molar-refractivity contribution in [3.8, 4) is 5.75 Å². The summed E-state index contributed by atoms with van der Waals surface area (Å²) in [5.74, 6) is 1.42. The molecule has 0 atom stereocenters. The first-order chi connectivity index (χ1) is 9.66. The first-order valence-electron chi connectivity index (χ1n) is 7.38. The lowest BCUT2D eigenvalue weighted by Gasteiger charge is -2.14. The van der Waals surface area contributed by atoms with Gasteiger partial charge in [0.25, 0.3) is 0 Å². The van der Waals surface area contributed by atoms with E-state index in [2.05, 4.69) is 19.2 Å². The second-order valence-corrected chi connectivity index (χ2v) is 6.10. The maximum Gasteiger partial charge on any atom is 0.125 e. The van der Waals surface area contributed by atoms with Crippen molar-refractivity contribution in [1.29, 1.82) is 0 Å². The quantitative estimate of drug-likeness (QED) is 0.706. The van der Waals surface area contributed by atoms with Crippen LogP contribution >= 0.6 is 11.6 Å². The molecule has 0 saturated heterocycles. The predicted molar refractivity (Wildman–Crippen MR) is 82.5 cm³/mol. The lowest BCUT2D eigenvalue weighted by molar-refractivity contribution is 0.0816. The van der Waals surface area contributed by atoms with Gasteiger partial charge < -0.3 is 14.8 Å². The first-order valence-corrected chi connectivity index (χ1v) is 7.76. The second-order valence-electron chi connectivity index (χ2n) is 5.69. The van der Waals surface area contributed by atoms with Gasteiger partial charge >= 0.3 is 0 Å². The van der Waals surface area contributed by atoms with E-state index < -0.39 is 0 Å². The summed E-state index contributed by atoms with van der Waals surface area (Å²) in [4.78, 5) is 0. The summed E-state index contributed by atoms with van der Waals surface area (Å²) in [7, 11) is 0. The molecule has 3 nitrogen and oxygen atoms in total. The van der Waals surface area contributed by atoms with Crippen LogP contribution in [0.4, 0.5) is 0 Å². The fourth-order valence-corrected chi connectivity index (χ4v) is 2.14. The van der Waals surface area contributed by atoms with Crippen molar-refractivity contribution in [2.75, 3.05) is 19.8 Å². The molecule has 4 heteroatoms. The van der Waals surface area contributed by atoms with E-state index in [0.29, 0.717) is 25.2 Å². The van der Waals surface area contributed by atoms with Crippen LogP contribution in [-0.4, -0.2) is 25.9 Å². The van der Waals surface area contributed by atoms with Crippen molar-refractivity contribution < 1.29 is 9.47 Å². The Morgan fingerprint density at radius 1 is 1.30 bits per heavy atom. The zero-order valence-electron chi connectivity index (χ0n) is 12.3. The van der Waals surface area contributed by atoms with Crippen molar-refractivity contribution in [2.24, 2.45) is 5.92 Å². The topological polar surface area (TPSA) is 30.5 Å². The van der Waals surface area contributed by atoms with Gasteiger partial charge in [-0.05, 0) is 30.9 Å². The molecule has 0 aliphatic heterocycles. The third-order valence-corrected chi connectivity index (χ3v) is 3.51. The highest BCUT2D eigenvalue weighted by molar-refractivity contribution is 6.31. The molecule has 1 aliphatic rings. The van der Waals surface area contributed by atoms with Gasteiger partial charge in [-0.25, -0.2) is 0 Å². The predicted octanol–water partition coefficient (Wildman–Crippen LogP) is 3.64. The minimum absolute atomic E-state index is 0.555. The Balaban J connectivity index is 1.81. The van der Waals surface area contributed by atoms with E-state index in [0.717, 1.165) is 29.5 Å². The van der Waals surface area contributed by atoms with E-state index in [1.807, 2.05) is 18.2 Å². The number of rotatable bonds is 9. The summed E-state index contributed by atoms with van der Waals surface area (Å²) in [6.45, 7) is 6.99. The molecule has 0 spiro atoms. The van der Waals surface area contributed by atoms with Crippen molar-refractivity contribution >= 4 is 11.6 Å². The van der Waals surface area contributed by atoms with Crippen LogP contribution in [0.3, 0.4) is 0 Å². The van der Waals surface area contributed by atoms with Crippen LogP contribution in [-0.2, 0) is 11.3 Å². The van der Waals surface area contributed by atoms with Gasteiger partial charge in [-0.2, -0.15) is 0 Å². The highest BCUT2D eigenvalue weighted by atomic mass is 35.5. The van der Waals surface area contributed by atoms with E-state index in [1.54, 1.807) is 0 Å². The Bertz CT molecular complexity index is 419. The molecule has 20 heavy (non-hydrogen) atoms. The van der Waals surface area contributed by atoms with Crippen molar-refractivity contribution in [3.05, 3.63) is 28.8 Å². The molecule has 0 radical (unpaired) electrons. The smallest absolute Gasteiger partial charge is 0.125 e. The highest BCUT2D eigenvalue weighted by Crippen LogP contribution is 2.28. The molecular weight excluding hydrogens is 274 g/mol. The van der Waals surface area contributed by atoms with Crippen LogP contribution < -0.4 is 10.1 Å². The molecule has 1 aliphatic carbocycles. The monoisotopic (exact) mass is 297 g/mol. The minimum Gasteiger partial charge on any atom is -0.491 e. The number of hydrogen-bond donors (Lipinski definition) is 1. The van der Waals surface area contributed by atoms with Gasteiger partial charge in [0.15, 0.2) is 0 Å². The maximum absolute atomic E-state index is 6.26. The van der Waals surface area contributed by atoms with Crippen molar-refractivity contribution in [2.45, 2.75) is 39.3 Å². The van der Waals surface area contributed by atoms with Gasteiger partial charge in [0.2, 0.25) is 0 Å². The van der Waals surface area contributed by atoms with Crippen LogP contribution in [0.15, 0.2) is 18.2 Å². The Morgan fingerprint density at radius 2 is 2.10 bits per heavy atom. The SMILES string of the molecule is CC(C)COCCOc1cccc(Cl)c1CNC1CC1. The van der Waals surface area contributed by atoms with Crippen molar-refractivity contribution in [1.82, 2.24) is 5.32 Å². The molecule has 112 valence electrons. The maximum atomic E-state index is 6.26. The molecule has 0 aromatic heterocycles. The van der Waals surface area contributed by atoms with Gasteiger partial charge in [0.1, 0.15) is 12.4 Å². The molecule has 1 aromatic rings. The second kappa shape index (κ2) is 7.87. The highest BCUT2D eigenvalue weighted by Gasteiger charge is 2.21. The lowest BCUT2D eigenvalue weighted by Crippen LogP contribution is -2.17. The summed E-state index contributed by atoms with van der Waals surface area (Å²) in [5, 5.41) is 4.24. The molecular formula is C16H24ClNO2. The van der Waals surface area contributed by atoms with Crippen LogP contribution in [0.1, 0.15) is 32.3 Å². The molecule has 0 heterocycles. The van der Waals surface area contributed by atoms with Crippen LogP contribution in [0.25, 0.3) is 0 Å². The molecule has 0 unspecified atom stereocenters. The molecule has 0 bridgehead atoms. The zero-order chi connectivity index (χ0) is 14.4. The largest absolute Gasteiger partial charge is 0.491 e. The van der Waals surface area contributed by atoms with Gasteiger partial charge in [-0.3, -0.25) is 0 Å². The number of hydrogen-bond acceptors (Lipinski definition) is 3. The number of ether oxygens (including phenoxy) is 2. The summed E-state index contributed by atoms with van der Waals surface area (Å²) in [5.41, 5.74) is 1.05. The van der Waals surface area contributed by atoms with Gasteiger partial charge in [-0.1, -0.05) is 31.5 Å².